The highest BCUT2D eigenvalue weighted by molar-refractivity contribution is 7.52. The summed E-state index contributed by atoms with van der Waals surface area (Å²) >= 11 is 0. The third-order valence-corrected chi connectivity index (χ3v) is 11.3. The van der Waals surface area contributed by atoms with Crippen molar-refractivity contribution in [2.75, 3.05) is 60.8 Å². The molecule has 1 unspecified atom stereocenters. The van der Waals surface area contributed by atoms with Crippen LogP contribution in [0.4, 0.5) is 0 Å². The molecule has 0 aromatic rings. The minimum Gasteiger partial charge on any atom is -0.466 e. The van der Waals surface area contributed by atoms with Gasteiger partial charge in [-0.15, -0.1) is 0 Å². The van der Waals surface area contributed by atoms with Gasteiger partial charge in [0.1, 0.15) is 13.2 Å². The summed E-state index contributed by atoms with van der Waals surface area (Å²) in [7, 11) is 3.12. The van der Waals surface area contributed by atoms with Gasteiger partial charge in [-0.3, -0.25) is 9.36 Å². The Morgan fingerprint density at radius 2 is 0.792 bits per heavy atom. The lowest BCUT2D eigenvalue weighted by Gasteiger charge is -2.24. The number of quaternary nitrogens is 1. The summed E-state index contributed by atoms with van der Waals surface area (Å²) in [6.07, 6.45) is 42.9. The molecule has 0 fully saturated rings. The molecule has 0 aliphatic carbocycles. The zero-order valence-electron chi connectivity index (χ0n) is 36.8. The van der Waals surface area contributed by atoms with E-state index in [2.05, 4.69) is 35.0 Å². The van der Waals surface area contributed by atoms with Gasteiger partial charge in [-0.2, -0.15) is 0 Å². The van der Waals surface area contributed by atoms with Crippen molar-refractivity contribution in [2.45, 2.75) is 226 Å². The molecule has 8 heteroatoms. The summed E-state index contributed by atoms with van der Waals surface area (Å²) in [6, 6.07) is 0. The molecule has 0 heterocycles. The Kier molecular flexibility index (Phi) is 44.0. The van der Waals surface area contributed by atoms with Crippen LogP contribution >= 0.6 is 7.60 Å². The lowest BCUT2D eigenvalue weighted by atomic mass is 10.0. The monoisotopic (exact) mass is 777 g/mol. The molecule has 0 aromatic carbocycles. The average molecular weight is 777 g/mol. The number of likely N-dealkylation sites (N-methyl/N-ethyl adjacent to an activating group) is 1. The molecule has 1 atom stereocenters. The molecule has 7 nitrogen and oxygen atoms in total. The van der Waals surface area contributed by atoms with E-state index in [4.69, 9.17) is 18.9 Å². The van der Waals surface area contributed by atoms with Crippen LogP contribution in [0.25, 0.3) is 0 Å². The van der Waals surface area contributed by atoms with E-state index in [1.54, 1.807) is 0 Å². The van der Waals surface area contributed by atoms with E-state index in [0.29, 0.717) is 32.7 Å². The summed E-state index contributed by atoms with van der Waals surface area (Å²) in [5.74, 6) is -0.145. The smallest absolute Gasteiger partial charge is 0.327 e. The van der Waals surface area contributed by atoms with Crippen LogP contribution in [0.3, 0.4) is 0 Å². The number of unbranched alkanes of at least 4 members (excludes halogenated alkanes) is 29. The zero-order valence-corrected chi connectivity index (χ0v) is 37.6. The molecule has 0 radical (unpaired) electrons. The minimum absolute atomic E-state index is 0.145. The van der Waals surface area contributed by atoms with Gasteiger partial charge in [-0.1, -0.05) is 200 Å². The second-order valence-electron chi connectivity index (χ2n) is 16.8. The van der Waals surface area contributed by atoms with E-state index in [1.165, 1.54) is 186 Å². The first-order chi connectivity index (χ1) is 25.6. The first-order valence-corrected chi connectivity index (χ1v) is 25.0. The average Bonchev–Trinajstić information content (AvgIpc) is 3.11. The van der Waals surface area contributed by atoms with Crippen molar-refractivity contribution in [1.29, 1.82) is 0 Å². The fourth-order valence-corrected chi connectivity index (χ4v) is 7.31. The van der Waals surface area contributed by atoms with Crippen LogP contribution in [0.15, 0.2) is 0 Å². The molecular weight excluding hydrogens is 681 g/mol. The number of rotatable bonds is 41. The van der Waals surface area contributed by atoms with Crippen molar-refractivity contribution in [3.8, 4) is 0 Å². The maximum atomic E-state index is 12.2. The maximum absolute atomic E-state index is 12.2. The number of esters is 1. The molecule has 0 aliphatic heterocycles. The third kappa shape index (κ3) is 51.5. The molecule has 0 aromatic heterocycles. The van der Waals surface area contributed by atoms with Gasteiger partial charge in [0, 0.05) is 26.1 Å². The zero-order chi connectivity index (χ0) is 39.6. The topological polar surface area (TPSA) is 82.1 Å². The highest BCUT2D eigenvalue weighted by Crippen LogP contribution is 2.43. The lowest BCUT2D eigenvalue weighted by molar-refractivity contribution is -0.870. The van der Waals surface area contributed by atoms with Gasteiger partial charge in [-0.25, -0.2) is 0 Å². The molecule has 320 valence electrons. The summed E-state index contributed by atoms with van der Waals surface area (Å²) in [4.78, 5) is 11.8. The van der Waals surface area contributed by atoms with E-state index in [-0.39, 0.29) is 12.6 Å². The van der Waals surface area contributed by atoms with Gasteiger partial charge in [0.2, 0.25) is 0 Å². The van der Waals surface area contributed by atoms with Crippen LogP contribution in [0, 0.1) is 0 Å². The highest BCUT2D eigenvalue weighted by atomic mass is 31.2. The molecule has 0 rings (SSSR count). The van der Waals surface area contributed by atoms with Crippen LogP contribution in [-0.4, -0.2) is 76.3 Å². The largest absolute Gasteiger partial charge is 0.466 e. The molecular formula is C45H95NO6P+. The first kappa shape index (κ1) is 54.6. The van der Waals surface area contributed by atoms with Crippen molar-refractivity contribution < 1.29 is 32.7 Å². The van der Waals surface area contributed by atoms with Gasteiger partial charge in [-0.05, 0) is 12.8 Å². The first-order valence-electron chi connectivity index (χ1n) is 23.0. The number of hydrogen-bond donors (Lipinski definition) is 1. The SMILES string of the molecule is CCCCCCCCCCCCCCCCCC(=O)OCCCOP(C)(=O)OCC[N+](C)(C)C.CCCCCCCCCCCCCCCCCCO. The number of carbonyl (C=O) groups is 1. The van der Waals surface area contributed by atoms with E-state index in [0.717, 1.165) is 30.3 Å². The predicted molar refractivity (Wildman–Crippen MR) is 230 cm³/mol. The molecule has 0 spiro atoms. The second kappa shape index (κ2) is 42.7. The van der Waals surface area contributed by atoms with Crippen LogP contribution < -0.4 is 0 Å². The number of nitrogens with zero attached hydrogens (tertiary/aromatic N) is 1. The molecule has 0 amide bonds. The number of aliphatic hydroxyl groups is 1. The Labute approximate surface area is 332 Å². The highest BCUT2D eigenvalue weighted by Gasteiger charge is 2.18. The van der Waals surface area contributed by atoms with Crippen LogP contribution in [0.2, 0.25) is 0 Å². The van der Waals surface area contributed by atoms with Crippen molar-refractivity contribution >= 4 is 13.6 Å². The fourth-order valence-electron chi connectivity index (χ4n) is 6.37. The molecule has 53 heavy (non-hydrogen) atoms. The maximum Gasteiger partial charge on any atom is 0.327 e. The second-order valence-corrected chi connectivity index (χ2v) is 18.8. The van der Waals surface area contributed by atoms with Crippen molar-refractivity contribution in [2.24, 2.45) is 0 Å². The Bertz CT molecular complexity index is 759. The minimum atomic E-state index is -3.04. The number of hydrogen-bond acceptors (Lipinski definition) is 6. The molecule has 0 saturated heterocycles. The predicted octanol–water partition coefficient (Wildman–Crippen LogP) is 14.0. The van der Waals surface area contributed by atoms with Crippen molar-refractivity contribution in [3.63, 3.8) is 0 Å². The standard InChI is InChI=1S/C27H57NO5P.C18H38O/c1-6-7-8-9-10-11-12-13-14-15-16-17-18-19-20-22-27(29)31-24-21-25-32-34(5,30)33-26-23-28(2,3)4;1-2-3-4-5-6-7-8-9-10-11-12-13-14-15-16-17-18-19/h6-26H2,1-5H3;19H,2-18H2,1H3/q+1;. The van der Waals surface area contributed by atoms with Gasteiger partial charge in [0.15, 0.2) is 0 Å². The Hall–Kier alpha value is -0.460. The van der Waals surface area contributed by atoms with E-state index in [1.807, 2.05) is 0 Å². The molecule has 0 saturated carbocycles. The summed E-state index contributed by atoms with van der Waals surface area (Å²) in [6.45, 7) is 8.15. The quantitative estimate of drug-likeness (QED) is 0.0288. The van der Waals surface area contributed by atoms with Gasteiger partial charge in [0.05, 0.1) is 34.4 Å². The Balaban J connectivity index is 0. The lowest BCUT2D eigenvalue weighted by Crippen LogP contribution is -2.37. The normalized spacial score (nSPS) is 12.7. The summed E-state index contributed by atoms with van der Waals surface area (Å²) < 4.78 is 28.9. The van der Waals surface area contributed by atoms with Gasteiger partial charge >= 0.3 is 13.6 Å². The number of carbonyl (C=O) groups excluding carboxylic acids is 1. The Morgan fingerprint density at radius 1 is 0.472 bits per heavy atom. The molecule has 0 bridgehead atoms. The fraction of sp³-hybridized carbons (Fsp3) is 0.978. The van der Waals surface area contributed by atoms with Crippen LogP contribution in [-0.2, 0) is 23.1 Å². The van der Waals surface area contributed by atoms with E-state index in [9.17, 15) is 9.36 Å². The summed E-state index contributed by atoms with van der Waals surface area (Å²) in [5.41, 5.74) is 0. The van der Waals surface area contributed by atoms with E-state index >= 15 is 0 Å². The number of aliphatic hydroxyl groups excluding tert-OH is 1. The molecule has 0 aliphatic rings. The van der Waals surface area contributed by atoms with Crippen LogP contribution in [0.5, 0.6) is 0 Å². The van der Waals surface area contributed by atoms with Crippen molar-refractivity contribution in [1.82, 2.24) is 0 Å². The van der Waals surface area contributed by atoms with Crippen LogP contribution in [0.1, 0.15) is 226 Å². The number of ether oxygens (including phenoxy) is 1. The van der Waals surface area contributed by atoms with Crippen molar-refractivity contribution in [3.05, 3.63) is 0 Å². The van der Waals surface area contributed by atoms with Gasteiger partial charge in [0.25, 0.3) is 0 Å². The Morgan fingerprint density at radius 3 is 1.13 bits per heavy atom. The third-order valence-electron chi connectivity index (χ3n) is 9.96. The van der Waals surface area contributed by atoms with E-state index < -0.39 is 7.60 Å². The van der Waals surface area contributed by atoms with Gasteiger partial charge < -0.3 is 23.4 Å². The molecule has 1 N–H and O–H groups in total. The summed E-state index contributed by atoms with van der Waals surface area (Å²) in [5, 5.41) is 8.67.